The maximum atomic E-state index is 12.6. The summed E-state index contributed by atoms with van der Waals surface area (Å²) < 4.78 is 0. The van der Waals surface area contributed by atoms with Gasteiger partial charge >= 0.3 is 0 Å². The lowest BCUT2D eigenvalue weighted by molar-refractivity contribution is 0.0952. The van der Waals surface area contributed by atoms with Crippen molar-refractivity contribution < 1.29 is 9.59 Å². The van der Waals surface area contributed by atoms with Crippen molar-refractivity contribution in [1.29, 1.82) is 0 Å². The van der Waals surface area contributed by atoms with E-state index in [0.717, 1.165) is 24.1 Å². The summed E-state index contributed by atoms with van der Waals surface area (Å²) in [5.74, 6) is -0.612. The highest BCUT2D eigenvalue weighted by Crippen LogP contribution is 2.27. The summed E-state index contributed by atoms with van der Waals surface area (Å²) in [6.45, 7) is 5.27. The molecule has 0 spiro atoms. The van der Waals surface area contributed by atoms with Gasteiger partial charge in [0.2, 0.25) is 0 Å². The van der Waals surface area contributed by atoms with Gasteiger partial charge in [0, 0.05) is 18.9 Å². The number of carbonyl (C=O) groups is 2. The van der Waals surface area contributed by atoms with Crippen molar-refractivity contribution in [3.63, 3.8) is 0 Å². The van der Waals surface area contributed by atoms with E-state index in [0.29, 0.717) is 28.4 Å². The number of halogens is 1. The first-order valence-corrected chi connectivity index (χ1v) is 9.12. The van der Waals surface area contributed by atoms with Crippen molar-refractivity contribution >= 4 is 29.1 Å². The number of hydrogen-bond acceptors (Lipinski definition) is 4. The Balaban J connectivity index is 2.06. The van der Waals surface area contributed by atoms with Crippen LogP contribution in [0.1, 0.15) is 38.3 Å². The van der Waals surface area contributed by atoms with Crippen molar-refractivity contribution in [3.8, 4) is 0 Å². The first kappa shape index (κ1) is 20.9. The molecule has 7 heteroatoms. The van der Waals surface area contributed by atoms with Gasteiger partial charge in [0.15, 0.2) is 0 Å². The van der Waals surface area contributed by atoms with E-state index in [2.05, 4.69) is 20.5 Å². The molecular weight excluding hydrogens is 364 g/mol. The van der Waals surface area contributed by atoms with Crippen LogP contribution in [0.2, 0.25) is 5.02 Å². The SMILES string of the molecule is Cc1cc(C)c(NC(=O)c2cncc(C(=O)NCCCN(C)C)c2)c(Cl)c1. The molecule has 2 rings (SSSR count). The Bertz CT molecular complexity index is 813. The molecule has 2 N–H and O–H groups in total. The van der Waals surface area contributed by atoms with E-state index in [1.54, 1.807) is 6.07 Å². The van der Waals surface area contributed by atoms with Crippen LogP contribution in [0.25, 0.3) is 0 Å². The first-order valence-electron chi connectivity index (χ1n) is 8.74. The number of aromatic nitrogens is 1. The van der Waals surface area contributed by atoms with Crippen molar-refractivity contribution in [2.45, 2.75) is 20.3 Å². The predicted octanol–water partition coefficient (Wildman–Crippen LogP) is 3.29. The van der Waals surface area contributed by atoms with E-state index >= 15 is 0 Å². The number of rotatable bonds is 7. The van der Waals surface area contributed by atoms with Crippen LogP contribution in [0, 0.1) is 13.8 Å². The molecule has 2 aromatic rings. The second-order valence-electron chi connectivity index (χ2n) is 6.77. The zero-order chi connectivity index (χ0) is 20.0. The molecule has 0 unspecified atom stereocenters. The van der Waals surface area contributed by atoms with E-state index in [4.69, 9.17) is 11.6 Å². The summed E-state index contributed by atoms with van der Waals surface area (Å²) in [7, 11) is 3.96. The van der Waals surface area contributed by atoms with Crippen molar-refractivity contribution in [2.24, 2.45) is 0 Å². The molecule has 0 aliphatic rings. The minimum Gasteiger partial charge on any atom is -0.352 e. The third-order valence-corrected chi connectivity index (χ3v) is 4.30. The van der Waals surface area contributed by atoms with Crippen LogP contribution in [-0.2, 0) is 0 Å². The molecule has 0 bridgehead atoms. The smallest absolute Gasteiger partial charge is 0.257 e. The number of nitrogens with one attached hydrogen (secondary N) is 2. The van der Waals surface area contributed by atoms with Gasteiger partial charge in [0.05, 0.1) is 21.8 Å². The highest BCUT2D eigenvalue weighted by Gasteiger charge is 2.14. The zero-order valence-corrected chi connectivity index (χ0v) is 16.9. The van der Waals surface area contributed by atoms with E-state index in [-0.39, 0.29) is 11.8 Å². The number of aryl methyl sites for hydroxylation is 2. The molecule has 1 aromatic carbocycles. The van der Waals surface area contributed by atoms with Crippen LogP contribution in [0.3, 0.4) is 0 Å². The van der Waals surface area contributed by atoms with Crippen molar-refractivity contribution in [2.75, 3.05) is 32.5 Å². The maximum absolute atomic E-state index is 12.6. The fourth-order valence-electron chi connectivity index (χ4n) is 2.65. The quantitative estimate of drug-likeness (QED) is 0.714. The zero-order valence-electron chi connectivity index (χ0n) is 16.1. The number of carbonyl (C=O) groups excluding carboxylic acids is 2. The maximum Gasteiger partial charge on any atom is 0.257 e. The summed E-state index contributed by atoms with van der Waals surface area (Å²) in [5, 5.41) is 6.12. The number of nitrogens with zero attached hydrogens (tertiary/aromatic N) is 2. The average molecular weight is 389 g/mol. The summed E-state index contributed by atoms with van der Waals surface area (Å²) in [5.41, 5.74) is 3.10. The lowest BCUT2D eigenvalue weighted by atomic mass is 10.1. The molecule has 144 valence electrons. The van der Waals surface area contributed by atoms with Crippen molar-refractivity contribution in [3.05, 3.63) is 57.9 Å². The highest BCUT2D eigenvalue weighted by molar-refractivity contribution is 6.34. The van der Waals surface area contributed by atoms with E-state index < -0.39 is 0 Å². The molecular formula is C20H25ClN4O2. The molecule has 0 fully saturated rings. The molecule has 0 aliphatic heterocycles. The minimum atomic E-state index is -0.362. The Kier molecular flexibility index (Phi) is 7.33. The molecule has 0 aliphatic carbocycles. The number of amides is 2. The second-order valence-corrected chi connectivity index (χ2v) is 7.17. The van der Waals surface area contributed by atoms with Crippen LogP contribution in [-0.4, -0.2) is 48.9 Å². The van der Waals surface area contributed by atoms with Gasteiger partial charge in [0.1, 0.15) is 0 Å². The number of anilines is 1. The fraction of sp³-hybridized carbons (Fsp3) is 0.350. The van der Waals surface area contributed by atoms with Gasteiger partial charge in [-0.3, -0.25) is 14.6 Å². The van der Waals surface area contributed by atoms with Gasteiger partial charge in [-0.2, -0.15) is 0 Å². The summed E-state index contributed by atoms with van der Waals surface area (Å²) in [6.07, 6.45) is 3.72. The Hall–Kier alpha value is -2.44. The van der Waals surface area contributed by atoms with Crippen LogP contribution in [0.15, 0.2) is 30.6 Å². The minimum absolute atomic E-state index is 0.250. The molecule has 0 radical (unpaired) electrons. The summed E-state index contributed by atoms with van der Waals surface area (Å²) in [6, 6.07) is 5.26. The summed E-state index contributed by atoms with van der Waals surface area (Å²) in [4.78, 5) is 30.9. The Morgan fingerprint density at radius 2 is 1.74 bits per heavy atom. The first-order chi connectivity index (χ1) is 12.8. The predicted molar refractivity (Wildman–Crippen MR) is 109 cm³/mol. The molecule has 2 amide bonds. The Morgan fingerprint density at radius 3 is 2.37 bits per heavy atom. The monoisotopic (exact) mass is 388 g/mol. The molecule has 1 aromatic heterocycles. The van der Waals surface area contributed by atoms with Gasteiger partial charge in [-0.25, -0.2) is 0 Å². The van der Waals surface area contributed by atoms with Crippen LogP contribution in [0.4, 0.5) is 5.69 Å². The van der Waals surface area contributed by atoms with E-state index in [1.165, 1.54) is 18.5 Å². The van der Waals surface area contributed by atoms with Gasteiger partial charge in [-0.05, 0) is 64.2 Å². The van der Waals surface area contributed by atoms with Gasteiger partial charge < -0.3 is 15.5 Å². The normalized spacial score (nSPS) is 10.7. The lowest BCUT2D eigenvalue weighted by Gasteiger charge is -2.12. The van der Waals surface area contributed by atoms with Gasteiger partial charge in [0.25, 0.3) is 11.8 Å². The molecule has 0 saturated heterocycles. The standard InChI is InChI=1S/C20H25ClN4O2/c1-13-8-14(2)18(17(21)9-13)24-20(27)16-10-15(11-22-12-16)19(26)23-6-5-7-25(3)4/h8-12H,5-7H2,1-4H3,(H,23,26)(H,24,27). The van der Waals surface area contributed by atoms with E-state index in [1.807, 2.05) is 34.0 Å². The second kappa shape index (κ2) is 9.48. The fourth-order valence-corrected chi connectivity index (χ4v) is 3.02. The topological polar surface area (TPSA) is 74.3 Å². The number of pyridine rings is 1. The Morgan fingerprint density at radius 1 is 1.07 bits per heavy atom. The lowest BCUT2D eigenvalue weighted by Crippen LogP contribution is -2.27. The third-order valence-electron chi connectivity index (χ3n) is 4.00. The van der Waals surface area contributed by atoms with E-state index in [9.17, 15) is 9.59 Å². The molecule has 6 nitrogen and oxygen atoms in total. The Labute approximate surface area is 164 Å². The number of hydrogen-bond donors (Lipinski definition) is 2. The van der Waals surface area contributed by atoms with Crippen molar-refractivity contribution in [1.82, 2.24) is 15.2 Å². The molecule has 1 heterocycles. The molecule has 0 atom stereocenters. The van der Waals surface area contributed by atoms with Gasteiger partial charge in [-0.1, -0.05) is 17.7 Å². The molecule has 0 saturated carbocycles. The van der Waals surface area contributed by atoms with Crippen LogP contribution >= 0.6 is 11.6 Å². The van der Waals surface area contributed by atoms with Crippen LogP contribution in [0.5, 0.6) is 0 Å². The average Bonchev–Trinajstić information content (AvgIpc) is 2.61. The van der Waals surface area contributed by atoms with Gasteiger partial charge in [-0.15, -0.1) is 0 Å². The summed E-state index contributed by atoms with van der Waals surface area (Å²) >= 11 is 6.24. The molecule has 27 heavy (non-hydrogen) atoms. The number of benzene rings is 1. The van der Waals surface area contributed by atoms with Crippen LogP contribution < -0.4 is 10.6 Å². The largest absolute Gasteiger partial charge is 0.352 e. The third kappa shape index (κ3) is 6.05. The highest BCUT2D eigenvalue weighted by atomic mass is 35.5.